The van der Waals surface area contributed by atoms with E-state index in [1.54, 1.807) is 0 Å². The molecule has 0 saturated heterocycles. The lowest BCUT2D eigenvalue weighted by Gasteiger charge is -1.97. The van der Waals surface area contributed by atoms with Gasteiger partial charge in [-0.2, -0.15) is 0 Å². The predicted molar refractivity (Wildman–Crippen MR) is 75.8 cm³/mol. The van der Waals surface area contributed by atoms with Gasteiger partial charge < -0.3 is 0 Å². The number of allylic oxidation sites excluding steroid dienone is 3. The van der Waals surface area contributed by atoms with Gasteiger partial charge in [0.2, 0.25) is 0 Å². The molecule has 0 heterocycles. The quantitative estimate of drug-likeness (QED) is 0.279. The lowest BCUT2D eigenvalue weighted by molar-refractivity contribution is 0.650. The first-order valence-corrected chi connectivity index (χ1v) is 7.17. The minimum atomic E-state index is 1.19. The molecule has 0 aromatic rings. The van der Waals surface area contributed by atoms with E-state index >= 15 is 0 Å². The molecule has 0 bridgehead atoms. The van der Waals surface area contributed by atoms with E-state index in [1.165, 1.54) is 70.6 Å². The van der Waals surface area contributed by atoms with Crippen molar-refractivity contribution in [2.24, 2.45) is 0 Å². The zero-order chi connectivity index (χ0) is 11.9. The van der Waals surface area contributed by atoms with Crippen molar-refractivity contribution < 1.29 is 0 Å². The molecule has 0 aliphatic heterocycles. The minimum Gasteiger partial charge on any atom is -0.103 e. The van der Waals surface area contributed by atoms with Gasteiger partial charge in [-0.25, -0.2) is 0 Å². The standard InChI is InChI=1S/C16H30/c1-3-5-7-9-11-13-15-16-14-12-10-8-6-4-2/h3,14,16H,1,4-13,15H2,2H3. The SMILES string of the molecule is C=CCCCCCCC=CCCCCCC. The average Bonchev–Trinajstić information content (AvgIpc) is 2.31. The predicted octanol–water partition coefficient (Wildman–Crippen LogP) is 6.04. The normalized spacial score (nSPS) is 11.1. The van der Waals surface area contributed by atoms with Gasteiger partial charge in [0, 0.05) is 0 Å². The van der Waals surface area contributed by atoms with Gasteiger partial charge in [0.15, 0.2) is 0 Å². The van der Waals surface area contributed by atoms with Gasteiger partial charge in [-0.1, -0.05) is 57.3 Å². The Bertz CT molecular complexity index is 155. The van der Waals surface area contributed by atoms with Crippen LogP contribution < -0.4 is 0 Å². The summed E-state index contributed by atoms with van der Waals surface area (Å²) in [5.74, 6) is 0. The van der Waals surface area contributed by atoms with E-state index in [0.717, 1.165) is 0 Å². The lowest BCUT2D eigenvalue weighted by Crippen LogP contribution is -1.77. The maximum absolute atomic E-state index is 3.74. The van der Waals surface area contributed by atoms with Gasteiger partial charge in [0.05, 0.1) is 0 Å². The van der Waals surface area contributed by atoms with Crippen LogP contribution in [0.4, 0.5) is 0 Å². The fourth-order valence-corrected chi connectivity index (χ4v) is 1.83. The maximum Gasteiger partial charge on any atom is -0.0351 e. The van der Waals surface area contributed by atoms with Crippen molar-refractivity contribution in [1.29, 1.82) is 0 Å². The Hall–Kier alpha value is -0.520. The molecule has 0 radical (unpaired) electrons. The Labute approximate surface area is 103 Å². The van der Waals surface area contributed by atoms with E-state index in [9.17, 15) is 0 Å². The summed E-state index contributed by atoms with van der Waals surface area (Å²) in [7, 11) is 0. The van der Waals surface area contributed by atoms with Crippen molar-refractivity contribution in [1.82, 2.24) is 0 Å². The first-order chi connectivity index (χ1) is 7.91. The molecule has 0 unspecified atom stereocenters. The first-order valence-electron chi connectivity index (χ1n) is 7.17. The Morgan fingerprint density at radius 1 is 0.688 bits per heavy atom. The third-order valence-corrected chi connectivity index (χ3v) is 2.92. The van der Waals surface area contributed by atoms with Gasteiger partial charge in [0.25, 0.3) is 0 Å². The van der Waals surface area contributed by atoms with Crippen molar-refractivity contribution in [2.75, 3.05) is 0 Å². The smallest absolute Gasteiger partial charge is 0.0351 e. The van der Waals surface area contributed by atoms with Crippen LogP contribution in [0.25, 0.3) is 0 Å². The summed E-state index contributed by atoms with van der Waals surface area (Å²) >= 11 is 0. The number of hydrogen-bond acceptors (Lipinski definition) is 0. The Morgan fingerprint density at radius 2 is 1.19 bits per heavy atom. The molecule has 0 amide bonds. The number of hydrogen-bond donors (Lipinski definition) is 0. The van der Waals surface area contributed by atoms with Crippen molar-refractivity contribution >= 4 is 0 Å². The molecule has 0 spiro atoms. The number of rotatable bonds is 12. The summed E-state index contributed by atoms with van der Waals surface area (Å²) < 4.78 is 0. The third kappa shape index (κ3) is 13.5. The molecule has 0 fully saturated rings. The highest BCUT2D eigenvalue weighted by molar-refractivity contribution is 4.81. The summed E-state index contributed by atoms with van der Waals surface area (Å²) in [5, 5.41) is 0. The van der Waals surface area contributed by atoms with Crippen molar-refractivity contribution in [2.45, 2.75) is 77.6 Å². The first kappa shape index (κ1) is 15.5. The minimum absolute atomic E-state index is 1.19. The molecule has 0 nitrogen and oxygen atoms in total. The third-order valence-electron chi connectivity index (χ3n) is 2.92. The van der Waals surface area contributed by atoms with Gasteiger partial charge in [-0.05, 0) is 38.5 Å². The molecular weight excluding hydrogens is 192 g/mol. The van der Waals surface area contributed by atoms with Crippen LogP contribution in [-0.4, -0.2) is 0 Å². The van der Waals surface area contributed by atoms with E-state index in [0.29, 0.717) is 0 Å². The van der Waals surface area contributed by atoms with Crippen LogP contribution in [0.2, 0.25) is 0 Å². The highest BCUT2D eigenvalue weighted by atomic mass is 13.9. The van der Waals surface area contributed by atoms with Gasteiger partial charge in [0.1, 0.15) is 0 Å². The van der Waals surface area contributed by atoms with Crippen LogP contribution in [0.1, 0.15) is 77.6 Å². The summed E-state index contributed by atoms with van der Waals surface area (Å²) in [4.78, 5) is 0. The molecule has 0 aromatic heterocycles. The Kier molecular flexibility index (Phi) is 14.0. The second-order valence-corrected chi connectivity index (χ2v) is 4.60. The van der Waals surface area contributed by atoms with Crippen LogP contribution in [0, 0.1) is 0 Å². The van der Waals surface area contributed by atoms with E-state index in [1.807, 2.05) is 6.08 Å². The monoisotopic (exact) mass is 222 g/mol. The summed E-state index contributed by atoms with van der Waals surface area (Å²) in [6.45, 7) is 6.00. The lowest BCUT2D eigenvalue weighted by atomic mass is 10.1. The van der Waals surface area contributed by atoms with E-state index in [2.05, 4.69) is 25.7 Å². The summed E-state index contributed by atoms with van der Waals surface area (Å²) in [5.41, 5.74) is 0. The molecule has 0 aliphatic carbocycles. The fourth-order valence-electron chi connectivity index (χ4n) is 1.83. The molecule has 0 saturated carbocycles. The Balaban J connectivity index is 3.00. The second-order valence-electron chi connectivity index (χ2n) is 4.60. The molecule has 0 rings (SSSR count). The van der Waals surface area contributed by atoms with Gasteiger partial charge in [-0.15, -0.1) is 6.58 Å². The fraction of sp³-hybridized carbons (Fsp3) is 0.750. The van der Waals surface area contributed by atoms with Crippen molar-refractivity contribution in [3.8, 4) is 0 Å². The second kappa shape index (κ2) is 14.5. The highest BCUT2D eigenvalue weighted by Crippen LogP contribution is 2.07. The molecular formula is C16H30. The van der Waals surface area contributed by atoms with Crippen molar-refractivity contribution in [3.05, 3.63) is 24.8 Å². The van der Waals surface area contributed by atoms with E-state index in [-0.39, 0.29) is 0 Å². The molecule has 0 N–H and O–H groups in total. The molecule has 0 heteroatoms. The molecule has 94 valence electrons. The van der Waals surface area contributed by atoms with Crippen LogP contribution in [0.3, 0.4) is 0 Å². The molecule has 16 heavy (non-hydrogen) atoms. The van der Waals surface area contributed by atoms with Gasteiger partial charge in [-0.3, -0.25) is 0 Å². The van der Waals surface area contributed by atoms with Crippen molar-refractivity contribution in [3.63, 3.8) is 0 Å². The topological polar surface area (TPSA) is 0 Å². The number of unbranched alkanes of at least 4 members (excludes halogenated alkanes) is 9. The Morgan fingerprint density at radius 3 is 1.69 bits per heavy atom. The van der Waals surface area contributed by atoms with Crippen LogP contribution >= 0.6 is 0 Å². The molecule has 0 aromatic carbocycles. The summed E-state index contributed by atoms with van der Waals surface area (Å²) in [6.07, 6.45) is 21.5. The van der Waals surface area contributed by atoms with Crippen LogP contribution in [0.15, 0.2) is 24.8 Å². The van der Waals surface area contributed by atoms with E-state index < -0.39 is 0 Å². The van der Waals surface area contributed by atoms with Gasteiger partial charge >= 0.3 is 0 Å². The summed E-state index contributed by atoms with van der Waals surface area (Å²) in [6, 6.07) is 0. The molecule has 0 aliphatic rings. The zero-order valence-corrected chi connectivity index (χ0v) is 11.2. The van der Waals surface area contributed by atoms with Crippen LogP contribution in [0.5, 0.6) is 0 Å². The maximum atomic E-state index is 3.74. The van der Waals surface area contributed by atoms with E-state index in [4.69, 9.17) is 0 Å². The largest absolute Gasteiger partial charge is 0.103 e. The average molecular weight is 222 g/mol. The molecule has 0 atom stereocenters. The van der Waals surface area contributed by atoms with Crippen LogP contribution in [-0.2, 0) is 0 Å². The zero-order valence-electron chi connectivity index (χ0n) is 11.2. The highest BCUT2D eigenvalue weighted by Gasteiger charge is 1.87.